The van der Waals surface area contributed by atoms with Crippen LogP contribution in [0.15, 0.2) is 36.0 Å². The summed E-state index contributed by atoms with van der Waals surface area (Å²) in [5.74, 6) is -1.98. The number of nitrogens with one attached hydrogen (secondary N) is 2. The van der Waals surface area contributed by atoms with Crippen LogP contribution in [0.4, 0.5) is 22.7 Å². The van der Waals surface area contributed by atoms with Gasteiger partial charge in [0.25, 0.3) is 5.91 Å². The lowest BCUT2D eigenvalue weighted by Crippen LogP contribution is -2.24. The van der Waals surface area contributed by atoms with E-state index >= 15 is 0 Å². The van der Waals surface area contributed by atoms with Gasteiger partial charge < -0.3 is 15.4 Å². The molecule has 40 heavy (non-hydrogen) atoms. The molecule has 0 spiro atoms. The Bertz CT molecular complexity index is 1440. The van der Waals surface area contributed by atoms with Gasteiger partial charge >= 0.3 is 6.11 Å². The summed E-state index contributed by atoms with van der Waals surface area (Å²) in [7, 11) is 0. The Kier molecular flexibility index (Phi) is 9.36. The molecule has 1 aromatic carbocycles. The summed E-state index contributed by atoms with van der Waals surface area (Å²) < 4.78 is 60.3. The van der Waals surface area contributed by atoms with Crippen molar-refractivity contribution in [3.8, 4) is 5.75 Å². The van der Waals surface area contributed by atoms with Crippen molar-refractivity contribution in [2.75, 3.05) is 5.32 Å². The first-order chi connectivity index (χ1) is 19.0. The quantitative estimate of drug-likeness (QED) is 0.222. The van der Waals surface area contributed by atoms with Gasteiger partial charge in [-0.25, -0.2) is 18.4 Å². The van der Waals surface area contributed by atoms with Crippen molar-refractivity contribution in [3.05, 3.63) is 63.1 Å². The number of rotatable bonds is 13. The zero-order chi connectivity index (χ0) is 28.7. The van der Waals surface area contributed by atoms with Gasteiger partial charge in [0.05, 0.1) is 19.2 Å². The normalized spacial score (nSPS) is 12.2. The van der Waals surface area contributed by atoms with E-state index in [1.54, 1.807) is 11.6 Å². The number of halogens is 4. The van der Waals surface area contributed by atoms with Crippen LogP contribution in [0.2, 0.25) is 0 Å². The molecule has 0 aliphatic rings. The first kappa shape index (κ1) is 29.0. The van der Waals surface area contributed by atoms with Crippen molar-refractivity contribution in [1.82, 2.24) is 35.5 Å². The molecule has 1 atom stereocenters. The summed E-state index contributed by atoms with van der Waals surface area (Å²) in [5.41, 5.74) is -0.215. The highest BCUT2D eigenvalue weighted by molar-refractivity contribution is 7.15. The lowest BCUT2D eigenvalue weighted by molar-refractivity contribution is -0.159. The molecule has 17 heteroatoms. The number of benzene rings is 1. The average molecular weight is 599 g/mol. The van der Waals surface area contributed by atoms with E-state index in [1.165, 1.54) is 17.5 Å². The van der Waals surface area contributed by atoms with Crippen molar-refractivity contribution >= 4 is 39.6 Å². The highest BCUT2D eigenvalue weighted by Crippen LogP contribution is 2.23. The van der Waals surface area contributed by atoms with Crippen molar-refractivity contribution in [1.29, 1.82) is 0 Å². The third kappa shape index (κ3) is 8.77. The van der Waals surface area contributed by atoms with Crippen LogP contribution in [0.1, 0.15) is 39.4 Å². The number of anilines is 1. The number of aromatic nitrogens is 6. The predicted octanol–water partition coefficient (Wildman–Crippen LogP) is 3.80. The van der Waals surface area contributed by atoms with Gasteiger partial charge in [-0.3, -0.25) is 9.59 Å². The van der Waals surface area contributed by atoms with Crippen LogP contribution < -0.4 is 15.4 Å². The third-order valence-electron chi connectivity index (χ3n) is 5.09. The Morgan fingerprint density at radius 1 is 1.20 bits per heavy atom. The number of carbonyl (C=O) groups excluding carboxylic acids is 2. The monoisotopic (exact) mass is 598 g/mol. The maximum Gasteiger partial charge on any atom is 0.394 e. The fraction of sp³-hybridized carbons (Fsp3) is 0.348. The summed E-state index contributed by atoms with van der Waals surface area (Å²) in [5, 5.41) is 23.6. The van der Waals surface area contributed by atoms with Crippen LogP contribution in [0, 0.1) is 5.82 Å². The van der Waals surface area contributed by atoms with Gasteiger partial charge in [0.15, 0.2) is 5.69 Å². The summed E-state index contributed by atoms with van der Waals surface area (Å²) in [6, 6.07) is 3.04. The fourth-order valence-corrected chi connectivity index (χ4v) is 4.72. The van der Waals surface area contributed by atoms with Crippen molar-refractivity contribution in [2.45, 2.75) is 51.6 Å². The van der Waals surface area contributed by atoms with Crippen LogP contribution in [0.5, 0.6) is 5.75 Å². The highest BCUT2D eigenvalue weighted by Gasteiger charge is 2.24. The standard InChI is InChI=1S/C23H22F4N8O3S2/c1-23(26,27)38-15-3-4-16(25)13(8-15)10-29-21(37)17-12-35(34-31-17)11-14(24)2-5-19-32-33-22(40-19)30-18(36)9-20-28-6-7-39-20/h3-4,6-8,12,14H,2,5,9-11H2,1H3,(H,29,37)(H,30,33,36). The molecule has 0 radical (unpaired) electrons. The molecule has 11 nitrogen and oxygen atoms in total. The molecule has 0 aliphatic carbocycles. The maximum absolute atomic E-state index is 14.6. The summed E-state index contributed by atoms with van der Waals surface area (Å²) in [4.78, 5) is 28.5. The summed E-state index contributed by atoms with van der Waals surface area (Å²) in [6.45, 7) is 0.0321. The SMILES string of the molecule is CC(F)(F)Oc1ccc(F)c(CNC(=O)c2cn(CC(F)CCc3nnc(NC(=O)Cc4nccs4)s3)nn2)c1. The predicted molar refractivity (Wildman–Crippen MR) is 136 cm³/mol. The molecule has 3 heterocycles. The third-order valence-corrected chi connectivity index (χ3v) is 6.77. The second kappa shape index (κ2) is 12.9. The zero-order valence-electron chi connectivity index (χ0n) is 20.8. The number of aryl methyl sites for hydroxylation is 1. The highest BCUT2D eigenvalue weighted by atomic mass is 32.1. The summed E-state index contributed by atoms with van der Waals surface area (Å²) in [6.07, 6.45) is -1.49. The van der Waals surface area contributed by atoms with Gasteiger partial charge in [-0.15, -0.1) is 26.6 Å². The Labute approximate surface area is 232 Å². The lowest BCUT2D eigenvalue weighted by atomic mass is 10.2. The molecule has 0 saturated heterocycles. The molecule has 0 saturated carbocycles. The van der Waals surface area contributed by atoms with E-state index in [1.807, 2.05) is 0 Å². The van der Waals surface area contributed by atoms with Crippen molar-refractivity contribution in [2.24, 2.45) is 0 Å². The van der Waals surface area contributed by atoms with Gasteiger partial charge in [0, 0.05) is 37.0 Å². The van der Waals surface area contributed by atoms with Gasteiger partial charge in [-0.1, -0.05) is 16.6 Å². The Hall–Kier alpha value is -3.99. The molecule has 0 bridgehead atoms. The van der Waals surface area contributed by atoms with E-state index in [0.29, 0.717) is 22.1 Å². The van der Waals surface area contributed by atoms with Crippen LogP contribution in [-0.2, 0) is 30.7 Å². The largest absolute Gasteiger partial charge is 0.433 e. The fourth-order valence-electron chi connectivity index (χ4n) is 3.34. The number of nitrogens with zero attached hydrogens (tertiary/aromatic N) is 6. The average Bonchev–Trinajstić information content (AvgIpc) is 3.65. The van der Waals surface area contributed by atoms with E-state index < -0.39 is 24.0 Å². The summed E-state index contributed by atoms with van der Waals surface area (Å²) >= 11 is 2.51. The zero-order valence-corrected chi connectivity index (χ0v) is 22.4. The Morgan fingerprint density at radius 3 is 2.77 bits per heavy atom. The Balaban J connectivity index is 1.22. The molecular formula is C23H22F4N8O3S2. The minimum atomic E-state index is -3.45. The molecular weight excluding hydrogens is 576 g/mol. The topological polar surface area (TPSA) is 137 Å². The number of hydrogen-bond donors (Lipinski definition) is 2. The molecule has 212 valence electrons. The Morgan fingerprint density at radius 2 is 2.02 bits per heavy atom. The molecule has 0 fully saturated rings. The van der Waals surface area contributed by atoms with Crippen LogP contribution in [-0.4, -0.2) is 54.3 Å². The number of carbonyl (C=O) groups is 2. The van der Waals surface area contributed by atoms with Gasteiger partial charge in [-0.2, -0.15) is 8.78 Å². The van der Waals surface area contributed by atoms with E-state index in [0.717, 1.165) is 34.2 Å². The lowest BCUT2D eigenvalue weighted by Gasteiger charge is -2.14. The van der Waals surface area contributed by atoms with E-state index in [2.05, 4.69) is 40.9 Å². The molecule has 2 amide bonds. The first-order valence-electron chi connectivity index (χ1n) is 11.7. The number of amides is 2. The van der Waals surface area contributed by atoms with Crippen LogP contribution in [0.3, 0.4) is 0 Å². The van der Waals surface area contributed by atoms with Crippen LogP contribution >= 0.6 is 22.7 Å². The van der Waals surface area contributed by atoms with Crippen molar-refractivity contribution < 1.29 is 31.9 Å². The number of alkyl halides is 3. The van der Waals surface area contributed by atoms with Gasteiger partial charge in [-0.05, 0) is 24.6 Å². The van der Waals surface area contributed by atoms with Gasteiger partial charge in [0.2, 0.25) is 11.0 Å². The molecule has 4 aromatic rings. The molecule has 3 aromatic heterocycles. The maximum atomic E-state index is 14.6. The second-order valence-corrected chi connectivity index (χ2v) is 10.5. The van der Waals surface area contributed by atoms with Crippen molar-refractivity contribution in [3.63, 3.8) is 0 Å². The number of hydrogen-bond acceptors (Lipinski definition) is 10. The minimum Gasteiger partial charge on any atom is -0.433 e. The molecule has 4 rings (SSSR count). The van der Waals surface area contributed by atoms with Crippen LogP contribution in [0.25, 0.3) is 0 Å². The van der Waals surface area contributed by atoms with E-state index in [9.17, 15) is 27.2 Å². The first-order valence-corrected chi connectivity index (χ1v) is 13.4. The molecule has 0 aliphatic heterocycles. The number of ether oxygens (including phenoxy) is 1. The minimum absolute atomic E-state index is 0.0785. The van der Waals surface area contributed by atoms with E-state index in [4.69, 9.17) is 0 Å². The molecule has 2 N–H and O–H groups in total. The number of thiazole rings is 1. The van der Waals surface area contributed by atoms with E-state index in [-0.39, 0.29) is 55.3 Å². The second-order valence-electron chi connectivity index (χ2n) is 8.46. The smallest absolute Gasteiger partial charge is 0.394 e. The molecule has 1 unspecified atom stereocenters. The van der Waals surface area contributed by atoms with Gasteiger partial charge in [0.1, 0.15) is 27.8 Å².